The van der Waals surface area contributed by atoms with Crippen molar-refractivity contribution in [1.29, 1.82) is 0 Å². The molecule has 0 fully saturated rings. The van der Waals surface area contributed by atoms with Crippen LogP contribution in [0.4, 0.5) is 4.39 Å². The fourth-order valence-electron chi connectivity index (χ4n) is 2.74. The van der Waals surface area contributed by atoms with Crippen LogP contribution in [0.3, 0.4) is 0 Å². The van der Waals surface area contributed by atoms with Gasteiger partial charge in [0, 0.05) is 5.92 Å². The van der Waals surface area contributed by atoms with Crippen molar-refractivity contribution in [1.82, 2.24) is 10.2 Å². The molecule has 0 amide bonds. The second-order valence-corrected chi connectivity index (χ2v) is 5.03. The van der Waals surface area contributed by atoms with Gasteiger partial charge in [-0.1, -0.05) is 23.8 Å². The molecule has 98 valence electrons. The van der Waals surface area contributed by atoms with E-state index < -0.39 is 0 Å². The van der Waals surface area contributed by atoms with Gasteiger partial charge in [0.25, 0.3) is 0 Å². The monoisotopic (exact) mass is 258 g/mol. The molecule has 1 aliphatic rings. The number of rotatable bonds is 2. The van der Waals surface area contributed by atoms with Gasteiger partial charge in [-0.2, -0.15) is 0 Å². The van der Waals surface area contributed by atoms with Crippen molar-refractivity contribution in [2.24, 2.45) is 0 Å². The zero-order valence-corrected chi connectivity index (χ0v) is 10.7. The second kappa shape index (κ2) is 4.96. The van der Waals surface area contributed by atoms with Gasteiger partial charge in [0.1, 0.15) is 5.82 Å². The summed E-state index contributed by atoms with van der Waals surface area (Å²) < 4.78 is 18.4. The topological polar surface area (TPSA) is 38.9 Å². The Labute approximate surface area is 111 Å². The molecule has 0 spiro atoms. The molecule has 0 radical (unpaired) electrons. The molecule has 0 unspecified atom stereocenters. The molecule has 1 aromatic carbocycles. The van der Waals surface area contributed by atoms with E-state index in [4.69, 9.17) is 4.42 Å². The molecular weight excluding hydrogens is 243 g/mol. The van der Waals surface area contributed by atoms with E-state index in [0.717, 1.165) is 18.4 Å². The van der Waals surface area contributed by atoms with Crippen LogP contribution in [-0.4, -0.2) is 10.2 Å². The maximum atomic E-state index is 13.0. The van der Waals surface area contributed by atoms with E-state index in [1.807, 2.05) is 12.1 Å². The van der Waals surface area contributed by atoms with Crippen LogP contribution in [0.5, 0.6) is 0 Å². The summed E-state index contributed by atoms with van der Waals surface area (Å²) in [5.41, 5.74) is 2.47. The first-order valence-corrected chi connectivity index (χ1v) is 6.41. The van der Waals surface area contributed by atoms with Crippen LogP contribution in [0.1, 0.15) is 43.1 Å². The number of benzene rings is 1. The average molecular weight is 258 g/mol. The van der Waals surface area contributed by atoms with E-state index in [-0.39, 0.29) is 17.7 Å². The Balaban J connectivity index is 1.96. The third kappa shape index (κ3) is 2.43. The van der Waals surface area contributed by atoms with E-state index in [9.17, 15) is 4.39 Å². The summed E-state index contributed by atoms with van der Waals surface area (Å²) in [5.74, 6) is 0.905. The molecule has 1 heterocycles. The number of halogens is 1. The van der Waals surface area contributed by atoms with Crippen LogP contribution in [-0.2, 0) is 0 Å². The van der Waals surface area contributed by atoms with Gasteiger partial charge in [0.15, 0.2) is 0 Å². The summed E-state index contributed by atoms with van der Waals surface area (Å²) in [6.07, 6.45) is 5.41. The fourth-order valence-corrected chi connectivity index (χ4v) is 2.74. The zero-order valence-electron chi connectivity index (χ0n) is 10.7. The fraction of sp³-hybridized carbons (Fsp3) is 0.333. The largest absolute Gasteiger partial charge is 0.428 e. The Bertz CT molecular complexity index is 575. The maximum absolute atomic E-state index is 13.0. The van der Waals surface area contributed by atoms with Gasteiger partial charge in [-0.3, -0.25) is 0 Å². The molecule has 0 saturated carbocycles. The minimum atomic E-state index is -0.207. The summed E-state index contributed by atoms with van der Waals surface area (Å²) in [5, 5.41) is 7.80. The van der Waals surface area contributed by atoms with Gasteiger partial charge in [-0.15, -0.1) is 10.2 Å². The molecule has 1 aromatic heterocycles. The number of hydrogen-bond donors (Lipinski definition) is 0. The number of aromatic nitrogens is 2. The summed E-state index contributed by atoms with van der Waals surface area (Å²) in [4.78, 5) is 0. The first kappa shape index (κ1) is 12.1. The smallest absolute Gasteiger partial charge is 0.220 e. The summed E-state index contributed by atoms with van der Waals surface area (Å²) in [6, 6.07) is 6.71. The van der Waals surface area contributed by atoms with E-state index in [1.165, 1.54) is 24.1 Å². The predicted molar refractivity (Wildman–Crippen MR) is 69.2 cm³/mol. The van der Waals surface area contributed by atoms with E-state index in [1.54, 1.807) is 0 Å². The molecule has 4 heteroatoms. The Hall–Kier alpha value is -1.97. The third-order valence-corrected chi connectivity index (χ3v) is 3.74. The standard InChI is InChI=1S/C15H15FN2O/c1-10-2-7-13(15-18-17-9-19-15)14(8-10)11-3-5-12(16)6-4-11/h2-6,9,13-14H,7-8H2,1H3/t13-,14-/m0/s1. The molecule has 19 heavy (non-hydrogen) atoms. The minimum absolute atomic E-state index is 0.177. The van der Waals surface area contributed by atoms with Gasteiger partial charge >= 0.3 is 0 Å². The summed E-state index contributed by atoms with van der Waals surface area (Å²) in [6.45, 7) is 2.13. The molecule has 1 aliphatic carbocycles. The molecule has 0 bridgehead atoms. The van der Waals surface area contributed by atoms with Crippen molar-refractivity contribution >= 4 is 0 Å². The van der Waals surface area contributed by atoms with Gasteiger partial charge in [-0.05, 0) is 43.4 Å². The number of allylic oxidation sites excluding steroid dienone is 2. The zero-order chi connectivity index (χ0) is 13.2. The van der Waals surface area contributed by atoms with Crippen LogP contribution in [0.15, 0.2) is 46.7 Å². The number of nitrogens with zero attached hydrogens (tertiary/aromatic N) is 2. The Morgan fingerprint density at radius 1 is 1.21 bits per heavy atom. The van der Waals surface area contributed by atoms with Gasteiger partial charge < -0.3 is 4.42 Å². The molecule has 0 saturated heterocycles. The highest BCUT2D eigenvalue weighted by Crippen LogP contribution is 2.42. The lowest BCUT2D eigenvalue weighted by atomic mass is 9.76. The molecule has 0 aliphatic heterocycles. The van der Waals surface area contributed by atoms with Gasteiger partial charge in [-0.25, -0.2) is 4.39 Å². The lowest BCUT2D eigenvalue weighted by Crippen LogP contribution is -2.16. The van der Waals surface area contributed by atoms with Crippen molar-refractivity contribution in [3.8, 4) is 0 Å². The van der Waals surface area contributed by atoms with Crippen molar-refractivity contribution in [3.05, 3.63) is 59.6 Å². The van der Waals surface area contributed by atoms with Gasteiger partial charge in [0.05, 0.1) is 0 Å². The Kier molecular flexibility index (Phi) is 3.15. The summed E-state index contributed by atoms with van der Waals surface area (Å²) in [7, 11) is 0. The first-order chi connectivity index (χ1) is 9.24. The van der Waals surface area contributed by atoms with Crippen LogP contribution < -0.4 is 0 Å². The summed E-state index contributed by atoms with van der Waals surface area (Å²) >= 11 is 0. The van der Waals surface area contributed by atoms with Crippen LogP contribution >= 0.6 is 0 Å². The minimum Gasteiger partial charge on any atom is -0.428 e. The average Bonchev–Trinajstić information content (AvgIpc) is 2.93. The molecule has 3 rings (SSSR count). The van der Waals surface area contributed by atoms with Crippen molar-refractivity contribution in [3.63, 3.8) is 0 Å². The SMILES string of the molecule is CC1=CC[C@H](c2nnco2)[C@H](c2ccc(F)cc2)C1. The molecular formula is C15H15FN2O. The predicted octanol–water partition coefficient (Wildman–Crippen LogP) is 3.82. The van der Waals surface area contributed by atoms with Crippen LogP contribution in [0, 0.1) is 5.82 Å². The van der Waals surface area contributed by atoms with E-state index in [0.29, 0.717) is 5.89 Å². The molecule has 0 N–H and O–H groups in total. The molecule has 3 nitrogen and oxygen atoms in total. The van der Waals surface area contributed by atoms with Crippen LogP contribution in [0.25, 0.3) is 0 Å². The van der Waals surface area contributed by atoms with E-state index in [2.05, 4.69) is 23.2 Å². The highest BCUT2D eigenvalue weighted by atomic mass is 19.1. The van der Waals surface area contributed by atoms with Gasteiger partial charge in [0.2, 0.25) is 12.3 Å². The highest BCUT2D eigenvalue weighted by Gasteiger charge is 2.30. The molecule has 2 aromatic rings. The lowest BCUT2D eigenvalue weighted by Gasteiger charge is -2.28. The van der Waals surface area contributed by atoms with Crippen molar-refractivity contribution in [2.45, 2.75) is 31.6 Å². The quantitative estimate of drug-likeness (QED) is 0.769. The van der Waals surface area contributed by atoms with Crippen LogP contribution in [0.2, 0.25) is 0 Å². The third-order valence-electron chi connectivity index (χ3n) is 3.74. The number of hydrogen-bond acceptors (Lipinski definition) is 3. The Morgan fingerprint density at radius 2 is 2.00 bits per heavy atom. The maximum Gasteiger partial charge on any atom is 0.220 e. The van der Waals surface area contributed by atoms with Crippen molar-refractivity contribution in [2.75, 3.05) is 0 Å². The van der Waals surface area contributed by atoms with E-state index >= 15 is 0 Å². The normalized spacial score (nSPS) is 23.2. The Morgan fingerprint density at radius 3 is 2.68 bits per heavy atom. The van der Waals surface area contributed by atoms with Crippen molar-refractivity contribution < 1.29 is 8.81 Å². The second-order valence-electron chi connectivity index (χ2n) is 5.03. The highest BCUT2D eigenvalue weighted by molar-refractivity contribution is 5.28. The first-order valence-electron chi connectivity index (χ1n) is 6.41. The lowest BCUT2D eigenvalue weighted by molar-refractivity contribution is 0.391. The molecule has 2 atom stereocenters.